The molecular formula is C18H21NO5. The predicted octanol–water partition coefficient (Wildman–Crippen LogP) is 2.63. The fourth-order valence-corrected chi connectivity index (χ4v) is 3.97. The number of hydrogen-bond acceptors (Lipinski definition) is 5. The summed E-state index contributed by atoms with van der Waals surface area (Å²) in [6, 6.07) is 4.41. The summed E-state index contributed by atoms with van der Waals surface area (Å²) in [4.78, 5) is 36.3. The van der Waals surface area contributed by atoms with E-state index in [9.17, 15) is 14.4 Å². The molecule has 0 aromatic heterocycles. The van der Waals surface area contributed by atoms with Gasteiger partial charge in [-0.3, -0.25) is 4.79 Å². The van der Waals surface area contributed by atoms with E-state index >= 15 is 0 Å². The molecular weight excluding hydrogens is 310 g/mol. The minimum Gasteiger partial charge on any atom is -0.465 e. The quantitative estimate of drug-likeness (QED) is 0.858. The molecule has 0 radical (unpaired) electrons. The average Bonchev–Trinajstić information content (AvgIpc) is 3.23. The average molecular weight is 331 g/mol. The van der Waals surface area contributed by atoms with Crippen molar-refractivity contribution in [2.24, 2.45) is 17.8 Å². The predicted molar refractivity (Wildman–Crippen MR) is 86.7 cm³/mol. The minimum absolute atomic E-state index is 0.0176. The second-order valence-corrected chi connectivity index (χ2v) is 6.51. The van der Waals surface area contributed by atoms with Crippen molar-refractivity contribution >= 4 is 23.5 Å². The number of methoxy groups -OCH3 is 2. The van der Waals surface area contributed by atoms with Crippen molar-refractivity contribution in [2.45, 2.75) is 25.7 Å². The first kappa shape index (κ1) is 16.5. The molecule has 0 heterocycles. The lowest BCUT2D eigenvalue weighted by Gasteiger charge is -2.21. The van der Waals surface area contributed by atoms with Gasteiger partial charge in [0.2, 0.25) is 5.91 Å². The molecule has 2 saturated carbocycles. The zero-order valence-electron chi connectivity index (χ0n) is 13.8. The molecule has 1 N–H and O–H groups in total. The molecule has 0 aliphatic heterocycles. The zero-order valence-corrected chi connectivity index (χ0v) is 13.8. The molecule has 0 saturated heterocycles. The van der Waals surface area contributed by atoms with Gasteiger partial charge in [-0.15, -0.1) is 0 Å². The normalized spacial score (nSPS) is 24.5. The molecule has 0 spiro atoms. The summed E-state index contributed by atoms with van der Waals surface area (Å²) < 4.78 is 9.45. The van der Waals surface area contributed by atoms with E-state index in [1.54, 1.807) is 0 Å². The maximum absolute atomic E-state index is 12.6. The summed E-state index contributed by atoms with van der Waals surface area (Å²) in [5.41, 5.74) is 0.785. The maximum atomic E-state index is 12.6. The van der Waals surface area contributed by atoms with Crippen molar-refractivity contribution in [2.75, 3.05) is 19.5 Å². The number of ether oxygens (including phenoxy) is 2. The maximum Gasteiger partial charge on any atom is 0.339 e. The van der Waals surface area contributed by atoms with E-state index in [1.165, 1.54) is 38.8 Å². The van der Waals surface area contributed by atoms with Gasteiger partial charge in [0.25, 0.3) is 0 Å². The van der Waals surface area contributed by atoms with Crippen LogP contribution in [0.4, 0.5) is 5.69 Å². The van der Waals surface area contributed by atoms with Crippen molar-refractivity contribution < 1.29 is 23.9 Å². The zero-order chi connectivity index (χ0) is 17.3. The van der Waals surface area contributed by atoms with Crippen molar-refractivity contribution in [3.63, 3.8) is 0 Å². The van der Waals surface area contributed by atoms with Crippen LogP contribution in [0, 0.1) is 17.8 Å². The molecule has 6 nitrogen and oxygen atoms in total. The highest BCUT2D eigenvalue weighted by molar-refractivity contribution is 6.04. The third kappa shape index (κ3) is 3.00. The molecule has 24 heavy (non-hydrogen) atoms. The molecule has 2 bridgehead atoms. The van der Waals surface area contributed by atoms with Gasteiger partial charge in [0, 0.05) is 5.92 Å². The van der Waals surface area contributed by atoms with Crippen LogP contribution in [0.15, 0.2) is 18.2 Å². The molecule has 3 rings (SSSR count). The van der Waals surface area contributed by atoms with Crippen LogP contribution in [0.2, 0.25) is 0 Å². The van der Waals surface area contributed by atoms with Gasteiger partial charge in [-0.2, -0.15) is 0 Å². The fourth-order valence-electron chi connectivity index (χ4n) is 3.97. The highest BCUT2D eigenvalue weighted by Gasteiger charge is 2.43. The van der Waals surface area contributed by atoms with Crippen molar-refractivity contribution in [3.05, 3.63) is 29.3 Å². The molecule has 1 aromatic carbocycles. The van der Waals surface area contributed by atoms with Gasteiger partial charge in [-0.1, -0.05) is 6.42 Å². The molecule has 6 heteroatoms. The summed E-state index contributed by atoms with van der Waals surface area (Å²) in [6.07, 6.45) is 4.32. The van der Waals surface area contributed by atoms with Crippen molar-refractivity contribution in [3.8, 4) is 0 Å². The number of fused-ring (bicyclic) bond motifs is 2. The minimum atomic E-state index is -0.561. The first-order chi connectivity index (χ1) is 11.5. The molecule has 128 valence electrons. The molecule has 1 aromatic rings. The second-order valence-electron chi connectivity index (χ2n) is 6.51. The Morgan fingerprint density at radius 2 is 1.79 bits per heavy atom. The van der Waals surface area contributed by atoms with Gasteiger partial charge in [0.1, 0.15) is 0 Å². The highest BCUT2D eigenvalue weighted by Crippen LogP contribution is 2.48. The van der Waals surface area contributed by atoms with Crippen molar-refractivity contribution in [1.29, 1.82) is 0 Å². The Hall–Kier alpha value is -2.37. The molecule has 1 amide bonds. The van der Waals surface area contributed by atoms with Crippen LogP contribution in [0.1, 0.15) is 46.4 Å². The topological polar surface area (TPSA) is 81.7 Å². The molecule has 3 atom stereocenters. The number of anilines is 1. The molecule has 2 aliphatic rings. The first-order valence-corrected chi connectivity index (χ1v) is 8.15. The van der Waals surface area contributed by atoms with Crippen LogP contribution >= 0.6 is 0 Å². The van der Waals surface area contributed by atoms with E-state index in [0.29, 0.717) is 11.8 Å². The van der Waals surface area contributed by atoms with Crippen LogP contribution in [-0.4, -0.2) is 32.1 Å². The lowest BCUT2D eigenvalue weighted by molar-refractivity contribution is -0.121. The summed E-state index contributed by atoms with van der Waals surface area (Å²) in [5, 5.41) is 2.82. The number of benzene rings is 1. The van der Waals surface area contributed by atoms with Gasteiger partial charge in [-0.25, -0.2) is 9.59 Å². The molecule has 2 fully saturated rings. The van der Waals surface area contributed by atoms with Crippen LogP contribution in [0.25, 0.3) is 0 Å². The first-order valence-electron chi connectivity index (χ1n) is 8.15. The molecule has 2 aliphatic carbocycles. The lowest BCUT2D eigenvalue weighted by Crippen LogP contribution is -2.28. The van der Waals surface area contributed by atoms with Crippen LogP contribution in [0.3, 0.4) is 0 Å². The van der Waals surface area contributed by atoms with Gasteiger partial charge < -0.3 is 14.8 Å². The van der Waals surface area contributed by atoms with Crippen molar-refractivity contribution in [1.82, 2.24) is 0 Å². The fraction of sp³-hybridized carbons (Fsp3) is 0.500. The largest absolute Gasteiger partial charge is 0.465 e. The van der Waals surface area contributed by atoms with Gasteiger partial charge in [0.05, 0.1) is 31.0 Å². The number of carbonyl (C=O) groups is 3. The van der Waals surface area contributed by atoms with Gasteiger partial charge >= 0.3 is 11.9 Å². The van der Waals surface area contributed by atoms with Gasteiger partial charge in [-0.05, 0) is 49.3 Å². The van der Waals surface area contributed by atoms with Crippen LogP contribution in [0.5, 0.6) is 0 Å². The van der Waals surface area contributed by atoms with E-state index < -0.39 is 11.9 Å². The SMILES string of the molecule is COC(=O)c1ccc(C(=O)OC)c(NC(=O)[C@@H]2C[C@H]3CC[C@H]2C3)c1. The third-order valence-electron chi connectivity index (χ3n) is 5.18. The highest BCUT2D eigenvalue weighted by atomic mass is 16.5. The van der Waals surface area contributed by atoms with E-state index in [0.717, 1.165) is 19.3 Å². The lowest BCUT2D eigenvalue weighted by atomic mass is 9.88. The van der Waals surface area contributed by atoms with Gasteiger partial charge in [0.15, 0.2) is 0 Å². The second kappa shape index (κ2) is 6.63. The van der Waals surface area contributed by atoms with E-state index in [-0.39, 0.29) is 28.6 Å². The Balaban J connectivity index is 1.85. The smallest absolute Gasteiger partial charge is 0.339 e. The Morgan fingerprint density at radius 3 is 2.38 bits per heavy atom. The summed E-state index contributed by atoms with van der Waals surface area (Å²) in [6.45, 7) is 0. The number of rotatable bonds is 4. The van der Waals surface area contributed by atoms with Crippen LogP contribution in [-0.2, 0) is 14.3 Å². The summed E-state index contributed by atoms with van der Waals surface area (Å²) in [7, 11) is 2.56. The Kier molecular flexibility index (Phi) is 4.55. The Labute approximate surface area is 140 Å². The third-order valence-corrected chi connectivity index (χ3v) is 5.18. The number of carbonyl (C=O) groups excluding carboxylic acids is 3. The number of hydrogen-bond donors (Lipinski definition) is 1. The number of nitrogens with one attached hydrogen (secondary N) is 1. The Bertz CT molecular complexity index is 684. The van der Waals surface area contributed by atoms with Crippen LogP contribution < -0.4 is 5.32 Å². The monoisotopic (exact) mass is 331 g/mol. The number of amides is 1. The summed E-state index contributed by atoms with van der Waals surface area (Å²) in [5.74, 6) is -0.116. The van der Waals surface area contributed by atoms with E-state index in [1.807, 2.05) is 0 Å². The standard InChI is InChI=1S/C18H21NO5/c1-23-17(21)12-5-6-13(18(22)24-2)15(9-12)19-16(20)14-8-10-3-4-11(14)7-10/h5-6,9-11,14H,3-4,7-8H2,1-2H3,(H,19,20)/t10-,11-,14+/m0/s1. The molecule has 0 unspecified atom stereocenters. The van der Waals surface area contributed by atoms with E-state index in [2.05, 4.69) is 5.32 Å². The summed E-state index contributed by atoms with van der Waals surface area (Å²) >= 11 is 0. The number of esters is 2. The Morgan fingerprint density at radius 1 is 1.04 bits per heavy atom. The van der Waals surface area contributed by atoms with E-state index in [4.69, 9.17) is 9.47 Å².